The summed E-state index contributed by atoms with van der Waals surface area (Å²) in [6.07, 6.45) is 1.94. The molecule has 0 aliphatic rings. The number of methoxy groups -OCH3 is 1. The molecule has 0 unspecified atom stereocenters. The maximum absolute atomic E-state index is 13.4. The van der Waals surface area contributed by atoms with E-state index in [1.54, 1.807) is 7.11 Å². The maximum Gasteiger partial charge on any atom is 0.233 e. The predicted octanol–water partition coefficient (Wildman–Crippen LogP) is 4.50. The molecule has 0 aliphatic heterocycles. The number of amides is 1. The molecule has 0 spiro atoms. The van der Waals surface area contributed by atoms with E-state index in [2.05, 4.69) is 17.1 Å². The predicted molar refractivity (Wildman–Crippen MR) is 105 cm³/mol. The van der Waals surface area contributed by atoms with Crippen LogP contribution in [0.25, 0.3) is 10.9 Å². The Hall–Kier alpha value is -2.75. The maximum atomic E-state index is 13.4. The SMILES string of the molecule is CCN(Cc1ccccc1)C(=O)C(C)(C)c1c[nH]c2ccc(OC)cc12. The topological polar surface area (TPSA) is 45.3 Å². The third-order valence-corrected chi connectivity index (χ3v) is 4.98. The summed E-state index contributed by atoms with van der Waals surface area (Å²) in [7, 11) is 1.66. The van der Waals surface area contributed by atoms with Gasteiger partial charge in [-0.3, -0.25) is 4.79 Å². The Morgan fingerprint density at radius 2 is 1.88 bits per heavy atom. The summed E-state index contributed by atoms with van der Waals surface area (Å²) in [5.74, 6) is 0.908. The van der Waals surface area contributed by atoms with Crippen LogP contribution in [0.15, 0.2) is 54.7 Å². The number of H-pyrrole nitrogens is 1. The van der Waals surface area contributed by atoms with Gasteiger partial charge in [0.05, 0.1) is 12.5 Å². The van der Waals surface area contributed by atoms with Crippen molar-refractivity contribution in [1.82, 2.24) is 9.88 Å². The average molecular weight is 350 g/mol. The van der Waals surface area contributed by atoms with Crippen molar-refractivity contribution in [2.24, 2.45) is 0 Å². The van der Waals surface area contributed by atoms with Gasteiger partial charge in [0.25, 0.3) is 0 Å². The number of aromatic amines is 1. The minimum atomic E-state index is -0.643. The minimum Gasteiger partial charge on any atom is -0.497 e. The van der Waals surface area contributed by atoms with Gasteiger partial charge < -0.3 is 14.6 Å². The van der Waals surface area contributed by atoms with Crippen molar-refractivity contribution in [1.29, 1.82) is 0 Å². The lowest BCUT2D eigenvalue weighted by atomic mass is 9.82. The van der Waals surface area contributed by atoms with Gasteiger partial charge in [-0.1, -0.05) is 30.3 Å². The van der Waals surface area contributed by atoms with Crippen molar-refractivity contribution in [2.45, 2.75) is 32.7 Å². The lowest BCUT2D eigenvalue weighted by Gasteiger charge is -2.31. The van der Waals surface area contributed by atoms with Gasteiger partial charge in [-0.2, -0.15) is 0 Å². The van der Waals surface area contributed by atoms with Crippen molar-refractivity contribution in [3.8, 4) is 5.75 Å². The first-order valence-corrected chi connectivity index (χ1v) is 8.96. The zero-order chi connectivity index (χ0) is 18.7. The smallest absolute Gasteiger partial charge is 0.233 e. The number of nitrogens with one attached hydrogen (secondary N) is 1. The molecular weight excluding hydrogens is 324 g/mol. The third-order valence-electron chi connectivity index (χ3n) is 4.98. The lowest BCUT2D eigenvalue weighted by molar-refractivity contribution is -0.136. The second-order valence-electron chi connectivity index (χ2n) is 7.04. The van der Waals surface area contributed by atoms with Crippen molar-refractivity contribution in [3.05, 3.63) is 65.9 Å². The van der Waals surface area contributed by atoms with Gasteiger partial charge >= 0.3 is 0 Å². The molecule has 26 heavy (non-hydrogen) atoms. The summed E-state index contributed by atoms with van der Waals surface area (Å²) >= 11 is 0. The van der Waals surface area contributed by atoms with Gasteiger partial charge in [-0.25, -0.2) is 0 Å². The highest BCUT2D eigenvalue weighted by molar-refractivity contribution is 5.95. The Labute approximate surface area is 154 Å². The summed E-state index contributed by atoms with van der Waals surface area (Å²) in [6.45, 7) is 7.29. The van der Waals surface area contributed by atoms with Crippen LogP contribution in [0.1, 0.15) is 31.9 Å². The zero-order valence-corrected chi connectivity index (χ0v) is 15.9. The first-order chi connectivity index (χ1) is 12.5. The number of ether oxygens (including phenoxy) is 1. The molecule has 0 radical (unpaired) electrons. The van der Waals surface area contributed by atoms with E-state index in [-0.39, 0.29) is 5.91 Å². The monoisotopic (exact) mass is 350 g/mol. The molecule has 3 aromatic rings. The Morgan fingerprint density at radius 3 is 2.54 bits per heavy atom. The number of carbonyl (C=O) groups is 1. The normalized spacial score (nSPS) is 11.5. The highest BCUT2D eigenvalue weighted by Gasteiger charge is 2.35. The Kier molecular flexibility index (Phi) is 5.03. The molecular formula is C22H26N2O2. The summed E-state index contributed by atoms with van der Waals surface area (Å²) in [5, 5.41) is 1.03. The highest BCUT2D eigenvalue weighted by atomic mass is 16.5. The van der Waals surface area contributed by atoms with E-state index in [4.69, 9.17) is 4.74 Å². The van der Waals surface area contributed by atoms with Crippen molar-refractivity contribution in [3.63, 3.8) is 0 Å². The Bertz CT molecular complexity index is 897. The zero-order valence-electron chi connectivity index (χ0n) is 15.9. The molecule has 3 rings (SSSR count). The van der Waals surface area contributed by atoms with E-state index >= 15 is 0 Å². The van der Waals surface area contributed by atoms with Crippen molar-refractivity contribution in [2.75, 3.05) is 13.7 Å². The van der Waals surface area contributed by atoms with Crippen LogP contribution >= 0.6 is 0 Å². The van der Waals surface area contributed by atoms with E-state index in [1.165, 1.54) is 0 Å². The molecule has 0 saturated heterocycles. The van der Waals surface area contributed by atoms with Crippen LogP contribution in [0.5, 0.6) is 5.75 Å². The van der Waals surface area contributed by atoms with Crippen LogP contribution < -0.4 is 4.74 Å². The third kappa shape index (κ3) is 3.32. The molecule has 0 bridgehead atoms. The fourth-order valence-corrected chi connectivity index (χ4v) is 3.39. The number of hydrogen-bond acceptors (Lipinski definition) is 2. The molecule has 0 atom stereocenters. The molecule has 0 aliphatic carbocycles. The van der Waals surface area contributed by atoms with Crippen molar-refractivity contribution < 1.29 is 9.53 Å². The number of nitrogens with zero attached hydrogens (tertiary/aromatic N) is 1. The van der Waals surface area contributed by atoms with Crippen molar-refractivity contribution >= 4 is 16.8 Å². The van der Waals surface area contributed by atoms with Crippen LogP contribution in [0.2, 0.25) is 0 Å². The molecule has 136 valence electrons. The Balaban J connectivity index is 1.94. The summed E-state index contributed by atoms with van der Waals surface area (Å²) in [6, 6.07) is 16.0. The molecule has 1 heterocycles. The molecule has 4 nitrogen and oxygen atoms in total. The highest BCUT2D eigenvalue weighted by Crippen LogP contribution is 2.34. The minimum absolute atomic E-state index is 0.118. The van der Waals surface area contributed by atoms with E-state index in [0.717, 1.165) is 27.8 Å². The van der Waals surface area contributed by atoms with Gasteiger partial charge in [0.2, 0.25) is 5.91 Å². The largest absolute Gasteiger partial charge is 0.497 e. The van der Waals surface area contributed by atoms with E-state index in [1.807, 2.05) is 68.3 Å². The van der Waals surface area contributed by atoms with Gasteiger partial charge in [0.1, 0.15) is 5.75 Å². The molecule has 2 aromatic carbocycles. The molecule has 4 heteroatoms. The van der Waals surface area contributed by atoms with Crippen LogP contribution in [0, 0.1) is 0 Å². The Morgan fingerprint density at radius 1 is 1.15 bits per heavy atom. The van der Waals surface area contributed by atoms with E-state index in [9.17, 15) is 4.79 Å². The number of hydrogen-bond donors (Lipinski definition) is 1. The molecule has 1 N–H and O–H groups in total. The number of fused-ring (bicyclic) bond motifs is 1. The summed E-state index contributed by atoms with van der Waals surface area (Å²) in [4.78, 5) is 18.6. The second-order valence-corrected chi connectivity index (χ2v) is 7.04. The number of rotatable bonds is 6. The average Bonchev–Trinajstić information content (AvgIpc) is 3.10. The lowest BCUT2D eigenvalue weighted by Crippen LogP contribution is -2.43. The molecule has 0 fully saturated rings. The molecule has 1 amide bonds. The molecule has 1 aromatic heterocycles. The summed E-state index contributed by atoms with van der Waals surface area (Å²) in [5.41, 5.74) is 2.49. The van der Waals surface area contributed by atoms with Gasteiger partial charge in [-0.05, 0) is 50.1 Å². The number of carbonyl (C=O) groups excluding carboxylic acids is 1. The first-order valence-electron chi connectivity index (χ1n) is 8.96. The number of likely N-dealkylation sites (N-methyl/N-ethyl adjacent to an activating group) is 1. The first kappa shape index (κ1) is 18.1. The number of aromatic nitrogens is 1. The standard InChI is InChI=1S/C22H26N2O2/c1-5-24(15-16-9-7-6-8-10-16)21(25)22(2,3)19-14-23-20-12-11-17(26-4)13-18(19)20/h6-14,23H,5,15H2,1-4H3. The van der Waals surface area contributed by atoms with Gasteiger partial charge in [0, 0.05) is 30.2 Å². The fraction of sp³-hybridized carbons (Fsp3) is 0.318. The van der Waals surface area contributed by atoms with Crippen LogP contribution in [0.3, 0.4) is 0 Å². The van der Waals surface area contributed by atoms with Crippen LogP contribution in [-0.4, -0.2) is 29.4 Å². The van der Waals surface area contributed by atoms with Gasteiger partial charge in [0.15, 0.2) is 0 Å². The second kappa shape index (κ2) is 7.24. The van der Waals surface area contributed by atoms with Crippen LogP contribution in [-0.2, 0) is 16.8 Å². The summed E-state index contributed by atoms with van der Waals surface area (Å²) < 4.78 is 5.36. The van der Waals surface area contributed by atoms with Crippen LogP contribution in [0.4, 0.5) is 0 Å². The number of benzene rings is 2. The molecule has 0 saturated carbocycles. The van der Waals surface area contributed by atoms with E-state index < -0.39 is 5.41 Å². The van der Waals surface area contributed by atoms with Gasteiger partial charge in [-0.15, -0.1) is 0 Å². The fourth-order valence-electron chi connectivity index (χ4n) is 3.39. The quantitative estimate of drug-likeness (QED) is 0.711. The van der Waals surface area contributed by atoms with E-state index in [0.29, 0.717) is 13.1 Å².